The van der Waals surface area contributed by atoms with E-state index in [9.17, 15) is 25.1 Å². The van der Waals surface area contributed by atoms with E-state index < -0.39 is 41.1 Å². The number of esters is 1. The van der Waals surface area contributed by atoms with Crippen LogP contribution in [0.25, 0.3) is 0 Å². The predicted molar refractivity (Wildman–Crippen MR) is 98.0 cm³/mol. The summed E-state index contributed by atoms with van der Waals surface area (Å²) in [5, 5.41) is 29.6. The maximum absolute atomic E-state index is 12.8. The third-order valence-corrected chi connectivity index (χ3v) is 4.23. The molecule has 0 spiro atoms. The summed E-state index contributed by atoms with van der Waals surface area (Å²) >= 11 is 0. The van der Waals surface area contributed by atoms with E-state index in [4.69, 9.17) is 19.6 Å². The van der Waals surface area contributed by atoms with E-state index in [1.54, 1.807) is 19.9 Å². The van der Waals surface area contributed by atoms with E-state index in [0.717, 1.165) is 6.07 Å². The van der Waals surface area contributed by atoms with Gasteiger partial charge in [-0.15, -0.1) is 0 Å². The zero-order chi connectivity index (χ0) is 21.3. The summed E-state index contributed by atoms with van der Waals surface area (Å²) in [6.45, 7) is 2.69. The van der Waals surface area contributed by atoms with Gasteiger partial charge in [-0.2, -0.15) is 5.23 Å². The van der Waals surface area contributed by atoms with E-state index in [0.29, 0.717) is 0 Å². The number of nitrogens with two attached hydrogens (primary N) is 1. The molecule has 0 amide bonds. The van der Waals surface area contributed by atoms with Gasteiger partial charge in [-0.1, -0.05) is 18.2 Å². The maximum atomic E-state index is 12.8. The third kappa shape index (κ3) is 3.87. The maximum Gasteiger partial charge on any atom is 0.340 e. The topological polar surface area (TPSA) is 160 Å². The fourth-order valence-electron chi connectivity index (χ4n) is 3.09. The predicted octanol–water partition coefficient (Wildman–Crippen LogP) is 0.182. The van der Waals surface area contributed by atoms with Crippen molar-refractivity contribution < 1.29 is 34.2 Å². The molecule has 29 heavy (non-hydrogen) atoms. The van der Waals surface area contributed by atoms with Crippen molar-refractivity contribution in [3.8, 4) is 5.75 Å². The number of para-hydroxylation sites is 1. The summed E-state index contributed by atoms with van der Waals surface area (Å²) in [5.74, 6) is -2.92. The molecule has 2 atom stereocenters. The van der Waals surface area contributed by atoms with Gasteiger partial charge in [0.1, 0.15) is 17.9 Å². The molecule has 1 aliphatic rings. The van der Waals surface area contributed by atoms with Gasteiger partial charge in [0.05, 0.1) is 12.0 Å². The van der Waals surface area contributed by atoms with E-state index in [2.05, 4.69) is 0 Å². The molecule has 1 aromatic carbocycles. The summed E-state index contributed by atoms with van der Waals surface area (Å²) in [5.41, 5.74) is 5.15. The minimum Gasteiger partial charge on any atom is -0.595 e. The zero-order valence-corrected chi connectivity index (χ0v) is 15.7. The highest BCUT2D eigenvalue weighted by atomic mass is 16.8. The lowest BCUT2D eigenvalue weighted by Crippen LogP contribution is -2.99. The largest absolute Gasteiger partial charge is 0.595 e. The molecule has 0 aliphatic carbocycles. The van der Waals surface area contributed by atoms with E-state index in [-0.39, 0.29) is 34.1 Å². The Morgan fingerprint density at radius 1 is 1.38 bits per heavy atom. The first kappa shape index (κ1) is 20.6. The fourth-order valence-corrected chi connectivity index (χ4v) is 3.09. The molecule has 0 bridgehead atoms. The van der Waals surface area contributed by atoms with Gasteiger partial charge in [0.2, 0.25) is 17.1 Å². The number of fused-ring (bicyclic) bond motifs is 1. The average molecular weight is 404 g/mol. The van der Waals surface area contributed by atoms with Crippen molar-refractivity contribution >= 4 is 11.7 Å². The minimum atomic E-state index is -1.25. The highest BCUT2D eigenvalue weighted by Gasteiger charge is 2.41. The van der Waals surface area contributed by atoms with E-state index in [1.807, 2.05) is 0 Å². The van der Waals surface area contributed by atoms with Crippen molar-refractivity contribution in [1.82, 2.24) is 0 Å². The molecule has 10 heteroatoms. The van der Waals surface area contributed by atoms with Gasteiger partial charge in [0.15, 0.2) is 11.4 Å². The van der Waals surface area contributed by atoms with Crippen molar-refractivity contribution in [2.24, 2.45) is 5.73 Å². The number of aliphatic hydroxyl groups is 1. The lowest BCUT2D eigenvalue weighted by Gasteiger charge is -2.28. The molecule has 2 aromatic rings. The molecule has 3 rings (SSSR count). The van der Waals surface area contributed by atoms with Crippen LogP contribution < -0.4 is 21.1 Å². The van der Waals surface area contributed by atoms with Crippen LogP contribution in [0.15, 0.2) is 51.0 Å². The second-order valence-corrected chi connectivity index (χ2v) is 6.59. The number of rotatable bonds is 5. The summed E-state index contributed by atoms with van der Waals surface area (Å²) in [6.07, 6.45) is -0.490. The van der Waals surface area contributed by atoms with E-state index >= 15 is 0 Å². The van der Waals surface area contributed by atoms with Crippen LogP contribution in [0.4, 0.5) is 5.69 Å². The minimum absolute atomic E-state index is 0.0767. The van der Waals surface area contributed by atoms with Gasteiger partial charge < -0.3 is 29.9 Å². The lowest BCUT2D eigenvalue weighted by molar-refractivity contribution is -0.991. The Bertz CT molecular complexity index is 1030. The van der Waals surface area contributed by atoms with Gasteiger partial charge in [0.25, 0.3) is 0 Å². The van der Waals surface area contributed by atoms with Crippen molar-refractivity contribution in [2.45, 2.75) is 32.5 Å². The second-order valence-electron chi connectivity index (χ2n) is 6.59. The Hall–Kier alpha value is -3.18. The number of carbonyl (C=O) groups excluding carboxylic acids is 1. The van der Waals surface area contributed by atoms with Crippen LogP contribution in [0.1, 0.15) is 36.8 Å². The number of quaternary nitrogens is 1. The second kappa shape index (κ2) is 8.05. The van der Waals surface area contributed by atoms with Crippen LogP contribution in [-0.2, 0) is 16.1 Å². The molecule has 0 saturated carbocycles. The number of hydrogen-bond donors (Lipinski definition) is 4. The highest BCUT2D eigenvalue weighted by Crippen LogP contribution is 2.43. The normalized spacial score (nSPS) is 17.0. The molecule has 2 unspecified atom stereocenters. The first-order valence-electron chi connectivity index (χ1n) is 8.73. The van der Waals surface area contributed by atoms with Gasteiger partial charge in [0, 0.05) is 17.7 Å². The molecule has 2 heterocycles. The molecule has 10 nitrogen and oxygen atoms in total. The monoisotopic (exact) mass is 404 g/mol. The summed E-state index contributed by atoms with van der Waals surface area (Å²) in [6, 6.07) is 6.95. The fraction of sp³-hybridized carbons (Fsp3) is 0.263. The Morgan fingerprint density at radius 3 is 2.69 bits per heavy atom. The van der Waals surface area contributed by atoms with Gasteiger partial charge in [-0.3, -0.25) is 4.79 Å². The standard InChI is InChI=1S/C19H20N2O8/c1-9(2)27-19(24)15-14(11-5-3-4-6-12(11)21(25)26)17-16(29-18(15)20)13(23)7-10(8-22)28-17/h3-7,9,14,21-22,25H,8,20H2,1-2H3. The SMILES string of the molecule is CC(C)OC(=O)C1=C(N)Oc2c(oc(CO)cc2=O)C1c1ccccc1[NH+]([O-])O. The Balaban J connectivity index is 2.32. The molecule has 0 fully saturated rings. The van der Waals surface area contributed by atoms with Gasteiger partial charge in [-0.05, 0) is 13.8 Å². The Kier molecular flexibility index (Phi) is 5.71. The molecule has 1 aromatic heterocycles. The molecule has 0 radical (unpaired) electrons. The van der Waals surface area contributed by atoms with Crippen molar-refractivity contribution in [3.05, 3.63) is 74.3 Å². The lowest BCUT2D eigenvalue weighted by atomic mass is 9.85. The first-order valence-corrected chi connectivity index (χ1v) is 8.73. The number of nitrogens with one attached hydrogen (secondary N) is 1. The van der Waals surface area contributed by atoms with Crippen LogP contribution in [0.2, 0.25) is 0 Å². The van der Waals surface area contributed by atoms with Crippen LogP contribution in [0.5, 0.6) is 5.75 Å². The molecule has 1 aliphatic heterocycles. The molecule has 5 N–H and O–H groups in total. The van der Waals surface area contributed by atoms with Crippen LogP contribution in [-0.4, -0.2) is 22.4 Å². The highest BCUT2D eigenvalue weighted by molar-refractivity contribution is 5.92. The number of hydrogen-bond acceptors (Lipinski definition) is 9. The van der Waals surface area contributed by atoms with Crippen LogP contribution in [0, 0.1) is 5.21 Å². The summed E-state index contributed by atoms with van der Waals surface area (Å²) in [4.78, 5) is 25.2. The Labute approximate surface area is 164 Å². The van der Waals surface area contributed by atoms with Gasteiger partial charge in [-0.25, -0.2) is 10.0 Å². The number of ether oxygens (including phenoxy) is 2. The molecule has 154 valence electrons. The summed E-state index contributed by atoms with van der Waals surface area (Å²) < 4.78 is 16.2. The number of aliphatic hydroxyl groups excluding tert-OH is 1. The quantitative estimate of drug-likeness (QED) is 0.403. The average Bonchev–Trinajstić information content (AvgIpc) is 2.66. The van der Waals surface area contributed by atoms with Crippen LogP contribution >= 0.6 is 0 Å². The number of carbonyl (C=O) groups is 1. The van der Waals surface area contributed by atoms with E-state index in [1.165, 1.54) is 18.2 Å². The summed E-state index contributed by atoms with van der Waals surface area (Å²) in [7, 11) is 0. The third-order valence-electron chi connectivity index (χ3n) is 4.23. The molecular weight excluding hydrogens is 384 g/mol. The van der Waals surface area contributed by atoms with Crippen LogP contribution in [0.3, 0.4) is 0 Å². The molecule has 0 saturated heterocycles. The van der Waals surface area contributed by atoms with Gasteiger partial charge >= 0.3 is 5.97 Å². The van der Waals surface area contributed by atoms with Crippen molar-refractivity contribution in [3.63, 3.8) is 0 Å². The number of benzene rings is 1. The Morgan fingerprint density at radius 2 is 2.07 bits per heavy atom. The van der Waals surface area contributed by atoms with Crippen molar-refractivity contribution in [1.29, 1.82) is 0 Å². The van der Waals surface area contributed by atoms with Crippen molar-refractivity contribution in [2.75, 3.05) is 0 Å². The smallest absolute Gasteiger partial charge is 0.340 e. The molecular formula is C19H20N2O8. The zero-order valence-electron chi connectivity index (χ0n) is 15.7. The first-order chi connectivity index (χ1) is 13.7.